The molecule has 114 valence electrons. The normalized spacial score (nSPS) is 12.0. The van der Waals surface area contributed by atoms with Crippen LogP contribution in [-0.4, -0.2) is 9.38 Å². The maximum Gasteiger partial charge on any atom is 0.417 e. The molecule has 0 bridgehead atoms. The van der Waals surface area contributed by atoms with Gasteiger partial charge in [0.05, 0.1) is 16.3 Å². The summed E-state index contributed by atoms with van der Waals surface area (Å²) < 4.78 is 40.3. The molecule has 2 aromatic heterocycles. The number of alkyl halides is 3. The van der Waals surface area contributed by atoms with E-state index in [0.717, 1.165) is 17.4 Å². The summed E-state index contributed by atoms with van der Waals surface area (Å²) in [6.07, 6.45) is -0.708. The van der Waals surface area contributed by atoms with E-state index in [1.54, 1.807) is 6.07 Å². The minimum atomic E-state index is -4.45. The highest BCUT2D eigenvalue weighted by molar-refractivity contribution is 7.98. The lowest BCUT2D eigenvalue weighted by Gasteiger charge is -2.10. The fourth-order valence-corrected chi connectivity index (χ4v) is 3.07. The molecular formula is C15H10ClF3N2S. The van der Waals surface area contributed by atoms with Crippen molar-refractivity contribution in [3.63, 3.8) is 0 Å². The van der Waals surface area contributed by atoms with Gasteiger partial charge in [0, 0.05) is 23.0 Å². The van der Waals surface area contributed by atoms with E-state index in [9.17, 15) is 13.2 Å². The minimum absolute atomic E-state index is 0.287. The summed E-state index contributed by atoms with van der Waals surface area (Å²) >= 11 is 6.90. The fraction of sp³-hybridized carbons (Fsp3) is 0.133. The quantitative estimate of drug-likeness (QED) is 0.601. The second-order valence-electron chi connectivity index (χ2n) is 4.63. The Hall–Kier alpha value is -1.66. The number of imidazole rings is 1. The molecule has 2 nitrogen and oxygen atoms in total. The van der Waals surface area contributed by atoms with Crippen LogP contribution >= 0.6 is 23.4 Å². The van der Waals surface area contributed by atoms with Gasteiger partial charge in [-0.2, -0.15) is 13.2 Å². The molecule has 0 amide bonds. The van der Waals surface area contributed by atoms with Crippen LogP contribution in [0.15, 0.2) is 53.7 Å². The Morgan fingerprint density at radius 2 is 2.00 bits per heavy atom. The third kappa shape index (κ3) is 3.23. The predicted octanol–water partition coefficient (Wildman–Crippen LogP) is 5.30. The van der Waals surface area contributed by atoms with Crippen molar-refractivity contribution in [3.05, 3.63) is 65.1 Å². The van der Waals surface area contributed by atoms with Crippen LogP contribution < -0.4 is 0 Å². The Balaban J connectivity index is 1.79. The lowest BCUT2D eigenvalue weighted by molar-refractivity contribution is -0.137. The molecule has 0 aliphatic carbocycles. The van der Waals surface area contributed by atoms with Gasteiger partial charge in [0.1, 0.15) is 5.65 Å². The molecule has 0 aliphatic rings. The third-order valence-corrected chi connectivity index (χ3v) is 4.40. The van der Waals surface area contributed by atoms with Gasteiger partial charge in [-0.3, -0.25) is 0 Å². The number of thioether (sulfide) groups is 1. The van der Waals surface area contributed by atoms with Crippen molar-refractivity contribution in [2.75, 3.05) is 0 Å². The highest BCUT2D eigenvalue weighted by Crippen LogP contribution is 2.37. The van der Waals surface area contributed by atoms with E-state index in [4.69, 9.17) is 11.6 Å². The lowest BCUT2D eigenvalue weighted by Crippen LogP contribution is -2.05. The van der Waals surface area contributed by atoms with Gasteiger partial charge in [-0.05, 0) is 30.3 Å². The van der Waals surface area contributed by atoms with Crippen molar-refractivity contribution >= 4 is 29.0 Å². The van der Waals surface area contributed by atoms with E-state index < -0.39 is 11.7 Å². The van der Waals surface area contributed by atoms with E-state index >= 15 is 0 Å². The first-order valence-corrected chi connectivity index (χ1v) is 7.72. The molecule has 22 heavy (non-hydrogen) atoms. The number of benzene rings is 1. The second kappa shape index (κ2) is 5.85. The number of rotatable bonds is 3. The molecule has 1 aromatic carbocycles. The molecular weight excluding hydrogens is 333 g/mol. The zero-order chi connectivity index (χ0) is 15.7. The summed E-state index contributed by atoms with van der Waals surface area (Å²) in [6.45, 7) is 0. The number of aromatic nitrogens is 2. The lowest BCUT2D eigenvalue weighted by atomic mass is 10.2. The van der Waals surface area contributed by atoms with Crippen LogP contribution in [0.5, 0.6) is 0 Å². The smallest absolute Gasteiger partial charge is 0.307 e. The summed E-state index contributed by atoms with van der Waals surface area (Å²) in [4.78, 5) is 4.92. The van der Waals surface area contributed by atoms with Crippen molar-refractivity contribution < 1.29 is 13.2 Å². The average Bonchev–Trinajstić information content (AvgIpc) is 2.88. The third-order valence-electron chi connectivity index (χ3n) is 3.04. The summed E-state index contributed by atoms with van der Waals surface area (Å²) in [5.74, 6) is 0.487. The zero-order valence-corrected chi connectivity index (χ0v) is 12.7. The van der Waals surface area contributed by atoms with Crippen LogP contribution in [0.1, 0.15) is 11.3 Å². The summed E-state index contributed by atoms with van der Waals surface area (Å²) in [5, 5.41) is -0.287. The molecule has 0 spiro atoms. The van der Waals surface area contributed by atoms with Crippen molar-refractivity contribution in [1.29, 1.82) is 0 Å². The molecule has 3 rings (SSSR count). The maximum absolute atomic E-state index is 12.8. The number of hydrogen-bond donors (Lipinski definition) is 0. The van der Waals surface area contributed by atoms with E-state index in [2.05, 4.69) is 4.98 Å². The van der Waals surface area contributed by atoms with E-state index in [1.807, 2.05) is 35.0 Å². The van der Waals surface area contributed by atoms with E-state index in [-0.39, 0.29) is 5.02 Å². The van der Waals surface area contributed by atoms with Crippen molar-refractivity contribution in [2.45, 2.75) is 16.8 Å². The van der Waals surface area contributed by atoms with Gasteiger partial charge in [-0.1, -0.05) is 17.7 Å². The van der Waals surface area contributed by atoms with Gasteiger partial charge < -0.3 is 4.40 Å². The largest absolute Gasteiger partial charge is 0.417 e. The van der Waals surface area contributed by atoms with Crippen LogP contribution in [0.3, 0.4) is 0 Å². The molecule has 0 N–H and O–H groups in total. The van der Waals surface area contributed by atoms with E-state index in [1.165, 1.54) is 17.8 Å². The van der Waals surface area contributed by atoms with Crippen LogP contribution in [0.25, 0.3) is 5.65 Å². The summed E-state index contributed by atoms with van der Waals surface area (Å²) in [6, 6.07) is 9.57. The molecule has 0 atom stereocenters. The SMILES string of the molecule is FC(F)(F)c1cc(SCc2cn3ccccc3n2)ccc1Cl. The molecule has 0 aliphatic heterocycles. The van der Waals surface area contributed by atoms with E-state index in [0.29, 0.717) is 10.6 Å². The standard InChI is InChI=1S/C15H10ClF3N2S/c16-13-5-4-11(7-12(13)15(17,18)19)22-9-10-8-21-6-2-1-3-14(21)20-10/h1-8H,9H2. The topological polar surface area (TPSA) is 17.3 Å². The van der Waals surface area contributed by atoms with Gasteiger partial charge in [0.15, 0.2) is 0 Å². The van der Waals surface area contributed by atoms with Crippen LogP contribution in [0, 0.1) is 0 Å². The highest BCUT2D eigenvalue weighted by atomic mass is 35.5. The molecule has 0 saturated heterocycles. The van der Waals surface area contributed by atoms with Gasteiger partial charge in [0.2, 0.25) is 0 Å². The Morgan fingerprint density at radius 3 is 2.73 bits per heavy atom. The molecule has 2 heterocycles. The number of hydrogen-bond acceptors (Lipinski definition) is 2. The molecule has 7 heteroatoms. The predicted molar refractivity (Wildman–Crippen MR) is 81.2 cm³/mol. The average molecular weight is 343 g/mol. The monoisotopic (exact) mass is 342 g/mol. The molecule has 0 fully saturated rings. The first-order chi connectivity index (χ1) is 10.4. The molecule has 3 aromatic rings. The first-order valence-electron chi connectivity index (χ1n) is 6.35. The Labute approximate surface area is 133 Å². The van der Waals surface area contributed by atoms with Crippen LogP contribution in [-0.2, 0) is 11.9 Å². The van der Waals surface area contributed by atoms with Gasteiger partial charge >= 0.3 is 6.18 Å². The molecule has 0 saturated carbocycles. The van der Waals surface area contributed by atoms with Crippen molar-refractivity contribution in [3.8, 4) is 0 Å². The highest BCUT2D eigenvalue weighted by Gasteiger charge is 2.33. The molecule has 0 unspecified atom stereocenters. The number of pyridine rings is 1. The van der Waals surface area contributed by atoms with Crippen molar-refractivity contribution in [1.82, 2.24) is 9.38 Å². The zero-order valence-electron chi connectivity index (χ0n) is 11.1. The Kier molecular flexibility index (Phi) is 4.06. The minimum Gasteiger partial charge on any atom is -0.307 e. The second-order valence-corrected chi connectivity index (χ2v) is 6.08. The number of nitrogens with zero attached hydrogens (tertiary/aromatic N) is 2. The van der Waals surface area contributed by atoms with Crippen LogP contribution in [0.2, 0.25) is 5.02 Å². The molecule has 0 radical (unpaired) electrons. The van der Waals surface area contributed by atoms with Crippen LogP contribution in [0.4, 0.5) is 13.2 Å². The van der Waals surface area contributed by atoms with Gasteiger partial charge in [-0.25, -0.2) is 4.98 Å². The van der Waals surface area contributed by atoms with Gasteiger partial charge in [-0.15, -0.1) is 11.8 Å². The number of halogens is 4. The number of fused-ring (bicyclic) bond motifs is 1. The fourth-order valence-electron chi connectivity index (χ4n) is 2.03. The maximum atomic E-state index is 12.8. The summed E-state index contributed by atoms with van der Waals surface area (Å²) in [7, 11) is 0. The Morgan fingerprint density at radius 1 is 1.18 bits per heavy atom. The summed E-state index contributed by atoms with van der Waals surface area (Å²) in [5.41, 5.74) is 0.805. The van der Waals surface area contributed by atoms with Gasteiger partial charge in [0.25, 0.3) is 0 Å². The first kappa shape index (κ1) is 15.2. The Bertz CT molecular complexity index is 781. The van der Waals surface area contributed by atoms with Crippen molar-refractivity contribution in [2.24, 2.45) is 0 Å².